The maximum absolute atomic E-state index is 12.7. The van der Waals surface area contributed by atoms with E-state index in [0.717, 1.165) is 17.7 Å². The number of carbonyl (C=O) groups excluding carboxylic acids is 2. The maximum atomic E-state index is 12.7. The normalized spacial score (nSPS) is 14.4. The van der Waals surface area contributed by atoms with Crippen LogP contribution >= 0.6 is 0 Å². The Labute approximate surface area is 171 Å². The number of phenols is 1. The van der Waals surface area contributed by atoms with E-state index in [9.17, 15) is 14.7 Å². The van der Waals surface area contributed by atoms with Gasteiger partial charge in [-0.1, -0.05) is 30.3 Å². The Morgan fingerprint density at radius 1 is 0.966 bits per heavy atom. The molecule has 0 aromatic heterocycles. The molecule has 1 fully saturated rings. The van der Waals surface area contributed by atoms with Gasteiger partial charge >= 0.3 is 0 Å². The van der Waals surface area contributed by atoms with Gasteiger partial charge in [0.1, 0.15) is 11.5 Å². The molecule has 0 aliphatic carbocycles. The van der Waals surface area contributed by atoms with E-state index in [1.807, 2.05) is 36.1 Å². The summed E-state index contributed by atoms with van der Waals surface area (Å²) in [7, 11) is 0. The van der Waals surface area contributed by atoms with E-state index < -0.39 is 0 Å². The molecule has 2 aromatic rings. The second-order valence-electron chi connectivity index (χ2n) is 7.26. The molecular weight excluding hydrogens is 368 g/mol. The number of carbonyl (C=O) groups is 2. The lowest BCUT2D eigenvalue weighted by atomic mass is 10.1. The first-order valence-corrected chi connectivity index (χ1v) is 10.1. The molecule has 6 heteroatoms. The van der Waals surface area contributed by atoms with Crippen molar-refractivity contribution in [3.05, 3.63) is 59.7 Å². The molecule has 0 atom stereocenters. The highest BCUT2D eigenvalue weighted by Gasteiger charge is 2.23. The van der Waals surface area contributed by atoms with Crippen molar-refractivity contribution in [1.82, 2.24) is 9.80 Å². The summed E-state index contributed by atoms with van der Waals surface area (Å²) in [6.07, 6.45) is 1.81. The molecule has 0 saturated carbocycles. The Kier molecular flexibility index (Phi) is 7.11. The van der Waals surface area contributed by atoms with Crippen LogP contribution in [0.25, 0.3) is 0 Å². The molecule has 0 bridgehead atoms. The zero-order valence-corrected chi connectivity index (χ0v) is 16.8. The van der Waals surface area contributed by atoms with Gasteiger partial charge in [0.2, 0.25) is 5.91 Å². The summed E-state index contributed by atoms with van der Waals surface area (Å²) >= 11 is 0. The van der Waals surface area contributed by atoms with Crippen LogP contribution in [0.15, 0.2) is 48.5 Å². The summed E-state index contributed by atoms with van der Waals surface area (Å²) in [5, 5.41) is 9.92. The van der Waals surface area contributed by atoms with Gasteiger partial charge < -0.3 is 19.6 Å². The summed E-state index contributed by atoms with van der Waals surface area (Å²) in [4.78, 5) is 28.8. The van der Waals surface area contributed by atoms with E-state index in [1.54, 1.807) is 23.1 Å². The van der Waals surface area contributed by atoms with Crippen LogP contribution in [0.4, 0.5) is 0 Å². The summed E-state index contributed by atoms with van der Waals surface area (Å²) in [6.45, 7) is 4.70. The van der Waals surface area contributed by atoms with E-state index in [2.05, 4.69) is 0 Å². The molecule has 1 N–H and O–H groups in total. The molecule has 1 aliphatic rings. The number of nitrogens with zero attached hydrogens (tertiary/aromatic N) is 2. The fourth-order valence-corrected chi connectivity index (χ4v) is 3.48. The number of aryl methyl sites for hydroxylation is 1. The van der Waals surface area contributed by atoms with E-state index in [0.29, 0.717) is 51.2 Å². The second kappa shape index (κ2) is 9.96. The first-order valence-electron chi connectivity index (χ1n) is 10.1. The number of amides is 2. The number of phenolic OH excluding ortho intramolecular Hbond substituents is 1. The average molecular weight is 396 g/mol. The third-order valence-electron chi connectivity index (χ3n) is 5.16. The van der Waals surface area contributed by atoms with Gasteiger partial charge in [-0.25, -0.2) is 0 Å². The fraction of sp³-hybridized carbons (Fsp3) is 0.391. The summed E-state index contributed by atoms with van der Waals surface area (Å²) in [6, 6.07) is 14.4. The van der Waals surface area contributed by atoms with Crippen molar-refractivity contribution in [1.29, 1.82) is 0 Å². The van der Waals surface area contributed by atoms with Gasteiger partial charge in [0.15, 0.2) is 0 Å². The van der Waals surface area contributed by atoms with Crippen LogP contribution in [0.1, 0.15) is 35.2 Å². The molecule has 6 nitrogen and oxygen atoms in total. The number of hydrogen-bond acceptors (Lipinski definition) is 4. The van der Waals surface area contributed by atoms with Gasteiger partial charge in [-0.15, -0.1) is 0 Å². The molecular formula is C23H28N2O4. The Bertz CT molecular complexity index is 852. The lowest BCUT2D eigenvalue weighted by Crippen LogP contribution is -2.37. The largest absolute Gasteiger partial charge is 0.507 e. The molecule has 0 radical (unpaired) electrons. The number of ether oxygens (including phenoxy) is 1. The molecule has 3 rings (SSSR count). The Balaban J connectivity index is 1.45. The number of rotatable bonds is 6. The van der Waals surface area contributed by atoms with Crippen LogP contribution in [0, 0.1) is 6.92 Å². The molecule has 154 valence electrons. The molecule has 29 heavy (non-hydrogen) atoms. The number of aromatic hydroxyl groups is 1. The standard InChI is InChI=1S/C23H28N2O4/c1-18-8-2-5-11-21(18)29-17-6-12-22(27)24-13-7-14-25(16-15-24)23(28)19-9-3-4-10-20(19)26/h2-5,8-11,26H,6-7,12-17H2,1H3. The van der Waals surface area contributed by atoms with Crippen molar-refractivity contribution in [2.24, 2.45) is 0 Å². The van der Waals surface area contributed by atoms with Gasteiger partial charge in [-0.2, -0.15) is 0 Å². The quantitative estimate of drug-likeness (QED) is 0.761. The number of para-hydroxylation sites is 2. The molecule has 0 unspecified atom stereocenters. The second-order valence-corrected chi connectivity index (χ2v) is 7.26. The minimum Gasteiger partial charge on any atom is -0.507 e. The Hall–Kier alpha value is -3.02. The Morgan fingerprint density at radius 2 is 1.66 bits per heavy atom. The predicted molar refractivity (Wildman–Crippen MR) is 111 cm³/mol. The van der Waals surface area contributed by atoms with Crippen LogP contribution < -0.4 is 4.74 Å². The molecule has 1 heterocycles. The number of hydrogen-bond donors (Lipinski definition) is 1. The molecule has 2 amide bonds. The lowest BCUT2D eigenvalue weighted by molar-refractivity contribution is -0.131. The fourth-order valence-electron chi connectivity index (χ4n) is 3.48. The van der Waals surface area contributed by atoms with Crippen molar-refractivity contribution in [2.45, 2.75) is 26.2 Å². The molecule has 2 aromatic carbocycles. The summed E-state index contributed by atoms with van der Waals surface area (Å²) in [5.41, 5.74) is 1.39. The maximum Gasteiger partial charge on any atom is 0.257 e. The van der Waals surface area contributed by atoms with Crippen molar-refractivity contribution in [3.63, 3.8) is 0 Å². The predicted octanol–water partition coefficient (Wildman–Crippen LogP) is 3.23. The van der Waals surface area contributed by atoms with Crippen LogP contribution in [-0.2, 0) is 4.79 Å². The van der Waals surface area contributed by atoms with Gasteiger partial charge in [-0.05, 0) is 43.5 Å². The van der Waals surface area contributed by atoms with Crippen molar-refractivity contribution >= 4 is 11.8 Å². The zero-order valence-electron chi connectivity index (χ0n) is 16.8. The van der Waals surface area contributed by atoms with Crippen molar-refractivity contribution in [2.75, 3.05) is 32.8 Å². The van der Waals surface area contributed by atoms with Crippen LogP contribution in [0.3, 0.4) is 0 Å². The highest BCUT2D eigenvalue weighted by atomic mass is 16.5. The van der Waals surface area contributed by atoms with Crippen molar-refractivity contribution in [3.8, 4) is 11.5 Å². The third-order valence-corrected chi connectivity index (χ3v) is 5.16. The van der Waals surface area contributed by atoms with E-state index in [4.69, 9.17) is 4.74 Å². The van der Waals surface area contributed by atoms with Crippen LogP contribution in [-0.4, -0.2) is 59.5 Å². The van der Waals surface area contributed by atoms with Crippen LogP contribution in [0.2, 0.25) is 0 Å². The first-order chi connectivity index (χ1) is 14.1. The zero-order chi connectivity index (χ0) is 20.6. The third kappa shape index (κ3) is 5.50. The van der Waals surface area contributed by atoms with E-state index in [1.165, 1.54) is 6.07 Å². The highest BCUT2D eigenvalue weighted by Crippen LogP contribution is 2.19. The lowest BCUT2D eigenvalue weighted by Gasteiger charge is -2.22. The summed E-state index contributed by atoms with van der Waals surface area (Å²) < 4.78 is 5.76. The minimum atomic E-state index is -0.191. The van der Waals surface area contributed by atoms with Gasteiger partial charge in [0.05, 0.1) is 12.2 Å². The highest BCUT2D eigenvalue weighted by molar-refractivity contribution is 5.96. The van der Waals surface area contributed by atoms with Crippen LogP contribution in [0.5, 0.6) is 11.5 Å². The number of benzene rings is 2. The van der Waals surface area contributed by atoms with Crippen molar-refractivity contribution < 1.29 is 19.4 Å². The van der Waals surface area contributed by atoms with Gasteiger partial charge in [0, 0.05) is 32.6 Å². The SMILES string of the molecule is Cc1ccccc1OCCCC(=O)N1CCCN(C(=O)c2ccccc2O)CC1. The average Bonchev–Trinajstić information content (AvgIpc) is 2.98. The minimum absolute atomic E-state index is 0.0108. The van der Waals surface area contributed by atoms with E-state index in [-0.39, 0.29) is 17.6 Å². The van der Waals surface area contributed by atoms with E-state index >= 15 is 0 Å². The van der Waals surface area contributed by atoms with Gasteiger partial charge in [0.25, 0.3) is 5.91 Å². The molecule has 0 spiro atoms. The molecule has 1 saturated heterocycles. The topological polar surface area (TPSA) is 70.1 Å². The first kappa shape index (κ1) is 20.7. The summed E-state index contributed by atoms with van der Waals surface area (Å²) in [5.74, 6) is 0.746. The smallest absolute Gasteiger partial charge is 0.257 e. The molecule has 1 aliphatic heterocycles. The van der Waals surface area contributed by atoms with Gasteiger partial charge in [-0.3, -0.25) is 9.59 Å². The monoisotopic (exact) mass is 396 g/mol. The Morgan fingerprint density at radius 3 is 2.45 bits per heavy atom.